The monoisotopic (exact) mass is 253 g/mol. The highest BCUT2D eigenvalue weighted by molar-refractivity contribution is 9.10. The molecular weight excluding hydrogens is 243 g/mol. The zero-order valence-corrected chi connectivity index (χ0v) is 9.72. The Labute approximate surface area is 95.5 Å². The molecule has 72 valence electrons. The van der Waals surface area contributed by atoms with Crippen molar-refractivity contribution >= 4 is 37.2 Å². The van der Waals surface area contributed by atoms with Gasteiger partial charge < -0.3 is 0 Å². The maximum absolute atomic E-state index is 12.4. The van der Waals surface area contributed by atoms with Crippen molar-refractivity contribution in [2.45, 2.75) is 26.1 Å². The van der Waals surface area contributed by atoms with Crippen molar-refractivity contribution < 1.29 is 4.39 Å². The molecule has 0 saturated heterocycles. The molecule has 0 aliphatic heterocycles. The molecule has 0 atom stereocenters. The molecule has 0 aromatic carbocycles. The molecule has 1 rings (SSSR count). The van der Waals surface area contributed by atoms with E-state index >= 15 is 0 Å². The van der Waals surface area contributed by atoms with Gasteiger partial charge in [0.2, 0.25) is 0 Å². The molecule has 0 bridgehead atoms. The van der Waals surface area contributed by atoms with Gasteiger partial charge >= 0.3 is 0 Å². The Balaban J connectivity index is 0.000000292. The Morgan fingerprint density at radius 3 is 2.50 bits per heavy atom. The van der Waals surface area contributed by atoms with Gasteiger partial charge in [-0.15, -0.1) is 0 Å². The summed E-state index contributed by atoms with van der Waals surface area (Å²) in [7, 11) is 10.2. The van der Waals surface area contributed by atoms with E-state index in [4.69, 9.17) is 15.7 Å². The SMILES string of the molecule is [B]CCCC.[B]c1ncc(Br)cc1F. The lowest BCUT2D eigenvalue weighted by Crippen LogP contribution is -2.11. The predicted octanol–water partition coefficient (Wildman–Crippen LogP) is 2.15. The topological polar surface area (TPSA) is 12.9 Å². The Morgan fingerprint density at radius 1 is 1.57 bits per heavy atom. The normalized spacial score (nSPS) is 9.07. The van der Waals surface area contributed by atoms with Crippen LogP contribution in [0.3, 0.4) is 0 Å². The summed E-state index contributed by atoms with van der Waals surface area (Å²) in [6.07, 6.45) is 4.67. The highest BCUT2D eigenvalue weighted by Crippen LogP contribution is 2.05. The van der Waals surface area contributed by atoms with E-state index < -0.39 is 5.82 Å². The molecule has 1 aromatic heterocycles. The van der Waals surface area contributed by atoms with E-state index in [0.29, 0.717) is 4.47 Å². The maximum atomic E-state index is 12.4. The molecule has 0 aliphatic carbocycles. The summed E-state index contributed by atoms with van der Waals surface area (Å²) in [5.74, 6) is -0.496. The third kappa shape index (κ3) is 6.19. The Kier molecular flexibility index (Phi) is 7.86. The number of nitrogens with zero attached hydrogens (tertiary/aromatic N) is 1. The van der Waals surface area contributed by atoms with Crippen LogP contribution in [0.15, 0.2) is 16.7 Å². The first-order valence-corrected chi connectivity index (χ1v) is 5.17. The lowest BCUT2D eigenvalue weighted by atomic mass is 10.0. The summed E-state index contributed by atoms with van der Waals surface area (Å²) < 4.78 is 13.0. The second kappa shape index (κ2) is 8.04. The van der Waals surface area contributed by atoms with Gasteiger partial charge in [0, 0.05) is 16.3 Å². The lowest BCUT2D eigenvalue weighted by Gasteiger charge is -1.93. The Hall–Kier alpha value is -0.310. The minimum absolute atomic E-state index is 0.0711. The fraction of sp³-hybridized carbons (Fsp3) is 0.444. The van der Waals surface area contributed by atoms with Gasteiger partial charge in [-0.3, -0.25) is 4.98 Å². The summed E-state index contributed by atoms with van der Waals surface area (Å²) in [5.41, 5.74) is -0.0711. The Bertz CT molecular complexity index is 269. The maximum Gasteiger partial charge on any atom is 0.145 e. The largest absolute Gasteiger partial charge is 0.269 e. The smallest absolute Gasteiger partial charge is 0.145 e. The van der Waals surface area contributed by atoms with Crippen molar-refractivity contribution in [3.63, 3.8) is 0 Å². The molecule has 0 spiro atoms. The first-order chi connectivity index (χ1) is 6.61. The van der Waals surface area contributed by atoms with E-state index in [1.165, 1.54) is 25.1 Å². The highest BCUT2D eigenvalue weighted by atomic mass is 79.9. The second-order valence-electron chi connectivity index (χ2n) is 2.66. The van der Waals surface area contributed by atoms with Crippen LogP contribution in [-0.4, -0.2) is 20.7 Å². The van der Waals surface area contributed by atoms with Gasteiger partial charge in [-0.05, 0) is 22.0 Å². The molecule has 14 heavy (non-hydrogen) atoms. The van der Waals surface area contributed by atoms with Crippen molar-refractivity contribution in [3.8, 4) is 0 Å². The minimum Gasteiger partial charge on any atom is -0.269 e. The minimum atomic E-state index is -0.496. The molecule has 0 saturated carbocycles. The van der Waals surface area contributed by atoms with E-state index in [0.717, 1.165) is 6.32 Å². The number of halogens is 2. The number of pyridine rings is 1. The highest BCUT2D eigenvalue weighted by Gasteiger charge is 1.95. The summed E-state index contributed by atoms with van der Waals surface area (Å²) in [6.45, 7) is 2.13. The fourth-order valence-electron chi connectivity index (χ4n) is 0.629. The van der Waals surface area contributed by atoms with Crippen LogP contribution in [0.1, 0.15) is 19.8 Å². The molecule has 0 N–H and O–H groups in total. The van der Waals surface area contributed by atoms with Gasteiger partial charge in [-0.25, -0.2) is 4.39 Å². The van der Waals surface area contributed by atoms with Crippen molar-refractivity contribution in [2.24, 2.45) is 0 Å². The number of rotatable bonds is 2. The summed E-state index contributed by atoms with van der Waals surface area (Å²) >= 11 is 3.04. The first-order valence-electron chi connectivity index (χ1n) is 4.38. The number of unbranched alkanes of at least 4 members (excludes halogenated alkanes) is 1. The molecule has 0 aliphatic rings. The van der Waals surface area contributed by atoms with Crippen molar-refractivity contribution in [2.75, 3.05) is 0 Å². The van der Waals surface area contributed by atoms with E-state index in [-0.39, 0.29) is 5.59 Å². The van der Waals surface area contributed by atoms with Gasteiger partial charge in [0.05, 0.1) is 7.85 Å². The van der Waals surface area contributed by atoms with Gasteiger partial charge in [0.15, 0.2) is 0 Å². The van der Waals surface area contributed by atoms with Crippen LogP contribution >= 0.6 is 15.9 Å². The molecule has 1 heterocycles. The van der Waals surface area contributed by atoms with Gasteiger partial charge in [-0.2, -0.15) is 0 Å². The van der Waals surface area contributed by atoms with Crippen LogP contribution in [-0.2, 0) is 0 Å². The van der Waals surface area contributed by atoms with Crippen LogP contribution in [0.4, 0.5) is 4.39 Å². The third-order valence-electron chi connectivity index (χ3n) is 1.39. The van der Waals surface area contributed by atoms with Crippen molar-refractivity contribution in [1.82, 2.24) is 4.98 Å². The quantitative estimate of drug-likeness (QED) is 0.736. The first kappa shape index (κ1) is 13.7. The molecule has 0 amide bonds. The molecule has 0 fully saturated rings. The van der Waals surface area contributed by atoms with Crippen molar-refractivity contribution in [3.05, 3.63) is 22.6 Å². The summed E-state index contributed by atoms with van der Waals surface area (Å²) in [5, 5.41) is 0. The zero-order chi connectivity index (χ0) is 11.0. The van der Waals surface area contributed by atoms with Crippen LogP contribution < -0.4 is 5.59 Å². The molecule has 0 unspecified atom stereocenters. The lowest BCUT2D eigenvalue weighted by molar-refractivity contribution is 0.630. The average molecular weight is 254 g/mol. The van der Waals surface area contributed by atoms with Crippen LogP contribution in [0, 0.1) is 5.82 Å². The van der Waals surface area contributed by atoms with E-state index in [9.17, 15) is 4.39 Å². The van der Waals surface area contributed by atoms with Gasteiger partial charge in [0.1, 0.15) is 13.7 Å². The van der Waals surface area contributed by atoms with Crippen LogP contribution in [0.5, 0.6) is 0 Å². The van der Waals surface area contributed by atoms with Crippen molar-refractivity contribution in [1.29, 1.82) is 0 Å². The predicted molar refractivity (Wildman–Crippen MR) is 62.8 cm³/mol. The Morgan fingerprint density at radius 2 is 2.21 bits per heavy atom. The number of aromatic nitrogens is 1. The van der Waals surface area contributed by atoms with Crippen LogP contribution in [0.25, 0.3) is 0 Å². The molecular formula is C9H11B2BrFN. The van der Waals surface area contributed by atoms with E-state index in [1.807, 2.05) is 0 Å². The molecule has 1 aromatic rings. The molecule has 5 heteroatoms. The number of hydrogen-bond donors (Lipinski definition) is 0. The average Bonchev–Trinajstić information content (AvgIpc) is 2.14. The fourth-order valence-corrected chi connectivity index (χ4v) is 0.933. The third-order valence-corrected chi connectivity index (χ3v) is 1.83. The van der Waals surface area contributed by atoms with Crippen LogP contribution in [0.2, 0.25) is 6.32 Å². The van der Waals surface area contributed by atoms with Gasteiger partial charge in [0.25, 0.3) is 0 Å². The van der Waals surface area contributed by atoms with Gasteiger partial charge in [-0.1, -0.05) is 26.1 Å². The molecule has 4 radical (unpaired) electrons. The zero-order valence-electron chi connectivity index (χ0n) is 8.13. The van der Waals surface area contributed by atoms with E-state index in [1.54, 1.807) is 0 Å². The second-order valence-corrected chi connectivity index (χ2v) is 3.58. The standard InChI is InChI=1S/C5H2BBrFN.C4H9B/c6-5-4(8)1-3(7)2-9-5;1-2-3-4-5/h1-2H;2-4H2,1H3. The number of hydrogen-bond acceptors (Lipinski definition) is 1. The van der Waals surface area contributed by atoms with E-state index in [2.05, 4.69) is 27.8 Å². The summed E-state index contributed by atoms with van der Waals surface area (Å²) in [6, 6.07) is 1.27. The summed E-state index contributed by atoms with van der Waals surface area (Å²) in [4.78, 5) is 3.53. The molecule has 1 nitrogen and oxygen atoms in total.